The Morgan fingerprint density at radius 1 is 0.396 bits per heavy atom. The van der Waals surface area contributed by atoms with Crippen LogP contribution in [0.15, 0.2) is 17.4 Å². The lowest BCUT2D eigenvalue weighted by Crippen LogP contribution is -2.52. The number of nitrogens with zero attached hydrogens (tertiary/aromatic N) is 2. The van der Waals surface area contributed by atoms with Crippen LogP contribution in [-0.4, -0.2) is 22.8 Å². The Morgan fingerprint density at radius 2 is 0.679 bits per heavy atom. The Kier molecular flexibility index (Phi) is 37.1. The second-order valence-corrected chi connectivity index (χ2v) is 17.4. The van der Waals surface area contributed by atoms with Gasteiger partial charge in [-0.25, -0.2) is 9.79 Å². The van der Waals surface area contributed by atoms with Crippen LogP contribution in [-0.2, 0) is 4.79 Å². The molecular formula is C50H97N2O+. The molecule has 1 heterocycles. The second-order valence-electron chi connectivity index (χ2n) is 17.4. The van der Waals surface area contributed by atoms with Crippen molar-refractivity contribution in [3.05, 3.63) is 12.4 Å². The van der Waals surface area contributed by atoms with Crippen molar-refractivity contribution in [1.29, 1.82) is 0 Å². The van der Waals surface area contributed by atoms with E-state index in [0.717, 1.165) is 38.1 Å². The fourth-order valence-corrected chi connectivity index (χ4v) is 8.59. The molecule has 1 unspecified atom stereocenters. The highest BCUT2D eigenvalue weighted by Gasteiger charge is 2.41. The van der Waals surface area contributed by atoms with Crippen molar-refractivity contribution in [1.82, 2.24) is 0 Å². The lowest BCUT2D eigenvalue weighted by Gasteiger charge is -2.30. The minimum atomic E-state index is 0.421. The summed E-state index contributed by atoms with van der Waals surface area (Å²) in [7, 11) is 0. The van der Waals surface area contributed by atoms with Crippen molar-refractivity contribution in [2.45, 2.75) is 290 Å². The van der Waals surface area contributed by atoms with E-state index in [9.17, 15) is 4.79 Å². The van der Waals surface area contributed by atoms with Gasteiger partial charge in [0.1, 0.15) is 6.20 Å². The third kappa shape index (κ3) is 29.0. The number of carbonyl (C=O) groups excluding carboxylic acids is 1. The number of quaternary nitrogens is 1. The highest BCUT2D eigenvalue weighted by Crippen LogP contribution is 2.27. The number of carbonyl (C=O) groups is 1. The number of rotatable bonds is 43. The molecule has 0 aliphatic carbocycles. The molecule has 1 aliphatic heterocycles. The summed E-state index contributed by atoms with van der Waals surface area (Å²) < 4.78 is 0.453. The van der Waals surface area contributed by atoms with Gasteiger partial charge in [-0.15, -0.1) is 0 Å². The summed E-state index contributed by atoms with van der Waals surface area (Å²) in [5.41, 5.74) is 0. The van der Waals surface area contributed by atoms with Crippen LogP contribution in [0.5, 0.6) is 0 Å². The summed E-state index contributed by atoms with van der Waals surface area (Å²) in [6.07, 6.45) is 60.6. The average Bonchev–Trinajstić information content (AvgIpc) is 3.58. The van der Waals surface area contributed by atoms with E-state index in [1.807, 2.05) is 6.20 Å². The van der Waals surface area contributed by atoms with Crippen LogP contribution in [0, 0.1) is 0 Å². The highest BCUT2D eigenvalue weighted by molar-refractivity contribution is 5.90. The molecule has 1 atom stereocenters. The van der Waals surface area contributed by atoms with Gasteiger partial charge in [0.25, 0.3) is 0 Å². The van der Waals surface area contributed by atoms with Crippen LogP contribution in [0.2, 0.25) is 0 Å². The summed E-state index contributed by atoms with van der Waals surface area (Å²) in [4.78, 5) is 18.9. The van der Waals surface area contributed by atoms with E-state index in [1.165, 1.54) is 244 Å². The van der Waals surface area contributed by atoms with Gasteiger partial charge in [0.15, 0.2) is 0 Å². The van der Waals surface area contributed by atoms with E-state index < -0.39 is 0 Å². The molecule has 0 saturated heterocycles. The zero-order valence-corrected chi connectivity index (χ0v) is 36.9. The molecule has 312 valence electrons. The number of unbranched alkanes of at least 4 members (excludes halogenated alkanes) is 37. The maximum Gasteiger partial charge on any atom is 0.324 e. The first-order valence-corrected chi connectivity index (χ1v) is 24.9. The van der Waals surface area contributed by atoms with Crippen LogP contribution in [0.3, 0.4) is 0 Å². The molecular weight excluding hydrogens is 645 g/mol. The van der Waals surface area contributed by atoms with Crippen LogP contribution in [0.25, 0.3) is 0 Å². The maximum atomic E-state index is 14.0. The van der Waals surface area contributed by atoms with Gasteiger partial charge in [-0.05, 0) is 25.7 Å². The van der Waals surface area contributed by atoms with Gasteiger partial charge in [0.05, 0.1) is 19.2 Å². The zero-order valence-electron chi connectivity index (χ0n) is 36.9. The lowest BCUT2D eigenvalue weighted by atomic mass is 10.0. The van der Waals surface area contributed by atoms with Gasteiger partial charge in [-0.2, -0.15) is 4.48 Å². The molecule has 1 aliphatic rings. The number of hydrogen-bond donors (Lipinski definition) is 0. The third-order valence-corrected chi connectivity index (χ3v) is 12.3. The van der Waals surface area contributed by atoms with Crippen molar-refractivity contribution in [3.63, 3.8) is 0 Å². The third-order valence-electron chi connectivity index (χ3n) is 12.3. The van der Waals surface area contributed by atoms with E-state index in [0.29, 0.717) is 10.4 Å². The standard InChI is InChI=1S/C50H97N2O/c1-4-7-10-13-16-19-22-25-28-31-34-37-40-43-47-52(50(53)45-42-39-36-33-30-27-24-21-18-15-12-9-6-3)48-46-51-49(52)44-41-38-35-32-29-26-23-20-17-14-11-8-5-2/h46,48H,4-45,47H2,1-3H3/q+1. The van der Waals surface area contributed by atoms with Gasteiger partial charge in [-0.1, -0.05) is 252 Å². The van der Waals surface area contributed by atoms with Gasteiger partial charge >= 0.3 is 5.91 Å². The van der Waals surface area contributed by atoms with E-state index in [4.69, 9.17) is 4.99 Å². The summed E-state index contributed by atoms with van der Waals surface area (Å²) >= 11 is 0. The topological polar surface area (TPSA) is 29.4 Å². The summed E-state index contributed by atoms with van der Waals surface area (Å²) in [6.45, 7) is 7.84. The van der Waals surface area contributed by atoms with Crippen molar-refractivity contribution >= 4 is 11.7 Å². The fourth-order valence-electron chi connectivity index (χ4n) is 8.59. The average molecular weight is 742 g/mol. The Morgan fingerprint density at radius 3 is 1.02 bits per heavy atom. The second kappa shape index (κ2) is 39.3. The van der Waals surface area contributed by atoms with Crippen molar-refractivity contribution in [2.75, 3.05) is 6.54 Å². The van der Waals surface area contributed by atoms with Gasteiger partial charge in [-0.3, -0.25) is 0 Å². The minimum Gasteiger partial charge on any atom is -0.230 e. The Labute approximate surface area is 334 Å². The fraction of sp³-hybridized carbons (Fsp3) is 0.920. The lowest BCUT2D eigenvalue weighted by molar-refractivity contribution is -0.708. The largest absolute Gasteiger partial charge is 0.324 e. The van der Waals surface area contributed by atoms with E-state index in [1.54, 1.807) is 0 Å². The summed E-state index contributed by atoms with van der Waals surface area (Å²) in [5.74, 6) is 1.58. The maximum absolute atomic E-state index is 14.0. The molecule has 0 saturated carbocycles. The zero-order chi connectivity index (χ0) is 38.2. The first-order chi connectivity index (χ1) is 26.2. The Balaban J connectivity index is 2.36. The van der Waals surface area contributed by atoms with Crippen molar-refractivity contribution in [2.24, 2.45) is 4.99 Å². The molecule has 0 N–H and O–H groups in total. The Hall–Kier alpha value is -0.960. The molecule has 1 rings (SSSR count). The number of aliphatic imine (C=N–C) groups is 1. The molecule has 0 aromatic heterocycles. The molecule has 0 fully saturated rings. The van der Waals surface area contributed by atoms with Gasteiger partial charge < -0.3 is 0 Å². The molecule has 0 spiro atoms. The first kappa shape index (κ1) is 50.1. The van der Waals surface area contributed by atoms with E-state index in [-0.39, 0.29) is 0 Å². The van der Waals surface area contributed by atoms with Crippen LogP contribution in [0.4, 0.5) is 0 Å². The number of amides is 1. The molecule has 0 aromatic carbocycles. The molecule has 0 radical (unpaired) electrons. The molecule has 53 heavy (non-hydrogen) atoms. The van der Waals surface area contributed by atoms with Gasteiger partial charge in [0.2, 0.25) is 5.84 Å². The molecule has 3 heteroatoms. The van der Waals surface area contributed by atoms with E-state index >= 15 is 0 Å². The van der Waals surface area contributed by atoms with Gasteiger partial charge in [0, 0.05) is 6.42 Å². The summed E-state index contributed by atoms with van der Waals surface area (Å²) in [6, 6.07) is 0. The first-order valence-electron chi connectivity index (χ1n) is 24.9. The highest BCUT2D eigenvalue weighted by atomic mass is 16.2. The van der Waals surface area contributed by atoms with Crippen LogP contribution in [0.1, 0.15) is 290 Å². The van der Waals surface area contributed by atoms with Crippen molar-refractivity contribution in [3.8, 4) is 0 Å². The summed E-state index contributed by atoms with van der Waals surface area (Å²) in [5, 5.41) is 0. The van der Waals surface area contributed by atoms with E-state index in [2.05, 4.69) is 27.0 Å². The SMILES string of the molecule is CCCCCCCCCCCCCCCC[N+]1(C(=O)CCCCCCCCCCCCCCC)C=CN=C1CCCCCCCCCCCCCCC. The van der Waals surface area contributed by atoms with Crippen LogP contribution >= 0.6 is 0 Å². The molecule has 1 amide bonds. The Bertz CT molecular complexity index is 833. The number of amidine groups is 1. The molecule has 0 bridgehead atoms. The van der Waals surface area contributed by atoms with Crippen molar-refractivity contribution < 1.29 is 9.28 Å². The smallest absolute Gasteiger partial charge is 0.230 e. The normalized spacial score (nSPS) is 15.5. The molecule has 3 nitrogen and oxygen atoms in total. The minimum absolute atomic E-state index is 0.421. The predicted octanol–water partition coefficient (Wildman–Crippen LogP) is 17.7. The van der Waals surface area contributed by atoms with Crippen LogP contribution < -0.4 is 0 Å². The quantitative estimate of drug-likeness (QED) is 0.0452. The number of hydrogen-bond acceptors (Lipinski definition) is 2. The molecule has 0 aromatic rings. The predicted molar refractivity (Wildman–Crippen MR) is 238 cm³/mol. The monoisotopic (exact) mass is 742 g/mol.